The van der Waals surface area contributed by atoms with Crippen LogP contribution in [0.1, 0.15) is 18.9 Å². The van der Waals surface area contributed by atoms with Crippen LogP contribution in [0, 0.1) is 10.1 Å². The smallest absolute Gasteiger partial charge is 0.325 e. The molecule has 0 aliphatic carbocycles. The first-order valence-electron chi connectivity index (χ1n) is 7.08. The van der Waals surface area contributed by atoms with E-state index in [1.807, 2.05) is 0 Å². The molecule has 1 aliphatic rings. The molecule has 0 radical (unpaired) electrons. The Morgan fingerprint density at radius 1 is 1.43 bits per heavy atom. The van der Waals surface area contributed by atoms with Crippen molar-refractivity contribution in [1.29, 1.82) is 0 Å². The summed E-state index contributed by atoms with van der Waals surface area (Å²) in [5.74, 6) is -0.379. The first-order chi connectivity index (χ1) is 10.9. The molecule has 3 amide bonds. The molecular formula is C14H18N4O5. The van der Waals surface area contributed by atoms with Gasteiger partial charge in [0.2, 0.25) is 0 Å². The summed E-state index contributed by atoms with van der Waals surface area (Å²) in [6.45, 7) is 1.95. The summed E-state index contributed by atoms with van der Waals surface area (Å²) >= 11 is 0. The van der Waals surface area contributed by atoms with Crippen LogP contribution in [0.4, 0.5) is 10.5 Å². The van der Waals surface area contributed by atoms with E-state index in [0.717, 1.165) is 4.90 Å². The van der Waals surface area contributed by atoms with Crippen molar-refractivity contribution in [2.75, 3.05) is 20.2 Å². The molecule has 23 heavy (non-hydrogen) atoms. The maximum atomic E-state index is 12.7. The van der Waals surface area contributed by atoms with Gasteiger partial charge in [0.25, 0.3) is 5.91 Å². The molecule has 1 aromatic carbocycles. The number of urea groups is 1. The highest BCUT2D eigenvalue weighted by Crippen LogP contribution is 2.37. The lowest BCUT2D eigenvalue weighted by atomic mass is 9.86. The van der Waals surface area contributed by atoms with Gasteiger partial charge in [-0.25, -0.2) is 4.79 Å². The van der Waals surface area contributed by atoms with E-state index in [4.69, 9.17) is 10.5 Å². The average molecular weight is 322 g/mol. The van der Waals surface area contributed by atoms with E-state index in [2.05, 4.69) is 5.32 Å². The molecule has 1 aliphatic heterocycles. The highest BCUT2D eigenvalue weighted by atomic mass is 16.6. The van der Waals surface area contributed by atoms with Crippen molar-refractivity contribution in [2.45, 2.75) is 18.9 Å². The van der Waals surface area contributed by atoms with Gasteiger partial charge in [0.05, 0.1) is 12.0 Å². The van der Waals surface area contributed by atoms with Gasteiger partial charge in [-0.1, -0.05) is 13.0 Å². The Hall–Kier alpha value is -2.68. The van der Waals surface area contributed by atoms with Crippen molar-refractivity contribution in [3.8, 4) is 5.75 Å². The number of rotatable bonds is 6. The lowest BCUT2D eigenvalue weighted by molar-refractivity contribution is -0.385. The molecule has 0 aromatic heterocycles. The van der Waals surface area contributed by atoms with Crippen LogP contribution in [-0.4, -0.2) is 42.0 Å². The van der Waals surface area contributed by atoms with E-state index in [0.29, 0.717) is 5.56 Å². The van der Waals surface area contributed by atoms with Crippen molar-refractivity contribution < 1.29 is 19.2 Å². The number of nitro groups is 1. The minimum Gasteiger partial charge on any atom is -0.490 e. The Labute approximate surface area is 132 Å². The largest absolute Gasteiger partial charge is 0.490 e. The third-order valence-corrected chi connectivity index (χ3v) is 3.93. The molecule has 9 nitrogen and oxygen atoms in total. The van der Waals surface area contributed by atoms with Crippen LogP contribution >= 0.6 is 0 Å². The van der Waals surface area contributed by atoms with Gasteiger partial charge in [-0.2, -0.15) is 0 Å². The maximum Gasteiger partial charge on any atom is 0.325 e. The second-order valence-corrected chi connectivity index (χ2v) is 5.08. The molecule has 3 N–H and O–H groups in total. The van der Waals surface area contributed by atoms with Crippen molar-refractivity contribution in [3.63, 3.8) is 0 Å². The van der Waals surface area contributed by atoms with E-state index in [-0.39, 0.29) is 30.9 Å². The fourth-order valence-corrected chi connectivity index (χ4v) is 2.70. The number of ether oxygens (including phenoxy) is 1. The number of carbonyl (C=O) groups excluding carboxylic acids is 2. The number of benzene rings is 1. The number of amides is 3. The number of nitro benzene ring substituents is 1. The predicted octanol–water partition coefficient (Wildman–Crippen LogP) is 0.719. The number of methoxy groups -OCH3 is 1. The number of hydrogen-bond acceptors (Lipinski definition) is 6. The number of carbonyl (C=O) groups is 2. The van der Waals surface area contributed by atoms with E-state index < -0.39 is 22.4 Å². The Morgan fingerprint density at radius 2 is 2.13 bits per heavy atom. The molecule has 0 spiro atoms. The first-order valence-corrected chi connectivity index (χ1v) is 7.08. The molecule has 2 rings (SSSR count). The number of hydrogen-bond donors (Lipinski definition) is 2. The third kappa shape index (κ3) is 2.59. The molecule has 1 fully saturated rings. The Bertz CT molecular complexity index is 663. The summed E-state index contributed by atoms with van der Waals surface area (Å²) in [7, 11) is 1.32. The third-order valence-electron chi connectivity index (χ3n) is 3.93. The van der Waals surface area contributed by atoms with E-state index in [1.54, 1.807) is 13.0 Å². The second kappa shape index (κ2) is 6.21. The minimum absolute atomic E-state index is 0.0839. The van der Waals surface area contributed by atoms with Crippen LogP contribution in [0.25, 0.3) is 0 Å². The summed E-state index contributed by atoms with van der Waals surface area (Å²) in [6.07, 6.45) is 0.252. The molecule has 1 aromatic rings. The van der Waals surface area contributed by atoms with E-state index in [1.165, 1.54) is 19.2 Å². The predicted molar refractivity (Wildman–Crippen MR) is 80.9 cm³/mol. The number of nitrogens with one attached hydrogen (secondary N) is 1. The Morgan fingerprint density at radius 3 is 2.65 bits per heavy atom. The van der Waals surface area contributed by atoms with Crippen LogP contribution in [0.3, 0.4) is 0 Å². The van der Waals surface area contributed by atoms with Gasteiger partial charge in [-0.05, 0) is 18.1 Å². The topological polar surface area (TPSA) is 128 Å². The quantitative estimate of drug-likeness (QED) is 0.451. The Kier molecular flexibility index (Phi) is 4.50. The number of nitrogens with two attached hydrogens (primary N) is 1. The standard InChI is InChI=1S/C14H18N4O5/c1-3-14(12(19)17(7-6-15)13(20)16-14)9-4-5-11(23-2)10(8-9)18(21)22/h4-5,8H,3,6-7,15H2,1-2H3,(H,16,20). The molecule has 9 heteroatoms. The van der Waals surface area contributed by atoms with E-state index >= 15 is 0 Å². The molecule has 124 valence electrons. The fraction of sp³-hybridized carbons (Fsp3) is 0.429. The lowest BCUT2D eigenvalue weighted by Crippen LogP contribution is -2.43. The van der Waals surface area contributed by atoms with Crippen LogP contribution in [-0.2, 0) is 10.3 Å². The normalized spacial score (nSPS) is 20.6. The summed E-state index contributed by atoms with van der Waals surface area (Å²) < 4.78 is 4.96. The number of imide groups is 1. The van der Waals surface area contributed by atoms with Gasteiger partial charge >= 0.3 is 11.7 Å². The lowest BCUT2D eigenvalue weighted by Gasteiger charge is -2.25. The van der Waals surface area contributed by atoms with Gasteiger partial charge < -0.3 is 15.8 Å². The summed E-state index contributed by atoms with van der Waals surface area (Å²) in [5.41, 5.74) is 4.17. The van der Waals surface area contributed by atoms with Crippen LogP contribution in [0.2, 0.25) is 0 Å². The van der Waals surface area contributed by atoms with Gasteiger partial charge in [0.15, 0.2) is 5.75 Å². The van der Waals surface area contributed by atoms with Crippen LogP contribution < -0.4 is 15.8 Å². The first kappa shape index (κ1) is 16.7. The SMILES string of the molecule is CCC1(c2ccc(OC)c([N+](=O)[O-])c2)NC(=O)N(CCN)C1=O. The summed E-state index contributed by atoms with van der Waals surface area (Å²) in [6, 6.07) is 3.66. The van der Waals surface area contributed by atoms with Crippen molar-refractivity contribution in [3.05, 3.63) is 33.9 Å². The van der Waals surface area contributed by atoms with Gasteiger partial charge in [-0.3, -0.25) is 19.8 Å². The van der Waals surface area contributed by atoms with Crippen molar-refractivity contribution in [2.24, 2.45) is 5.73 Å². The zero-order valence-electron chi connectivity index (χ0n) is 12.9. The van der Waals surface area contributed by atoms with Gasteiger partial charge in [0.1, 0.15) is 5.54 Å². The van der Waals surface area contributed by atoms with Crippen molar-refractivity contribution in [1.82, 2.24) is 10.2 Å². The monoisotopic (exact) mass is 322 g/mol. The Balaban J connectivity index is 2.54. The van der Waals surface area contributed by atoms with Crippen LogP contribution in [0.15, 0.2) is 18.2 Å². The zero-order valence-corrected chi connectivity index (χ0v) is 12.9. The minimum atomic E-state index is -1.33. The molecule has 1 unspecified atom stereocenters. The molecule has 0 saturated carbocycles. The highest BCUT2D eigenvalue weighted by molar-refractivity contribution is 6.07. The zero-order chi connectivity index (χ0) is 17.2. The molecule has 1 heterocycles. The summed E-state index contributed by atoms with van der Waals surface area (Å²) in [4.78, 5) is 36.3. The maximum absolute atomic E-state index is 12.7. The molecular weight excluding hydrogens is 304 g/mol. The average Bonchev–Trinajstić information content (AvgIpc) is 2.79. The van der Waals surface area contributed by atoms with Gasteiger partial charge in [-0.15, -0.1) is 0 Å². The summed E-state index contributed by atoms with van der Waals surface area (Å²) in [5, 5.41) is 13.8. The number of nitrogens with zero attached hydrogens (tertiary/aromatic N) is 2. The molecule has 1 saturated heterocycles. The van der Waals surface area contributed by atoms with Crippen molar-refractivity contribution >= 4 is 17.6 Å². The van der Waals surface area contributed by atoms with E-state index in [9.17, 15) is 19.7 Å². The molecule has 1 atom stereocenters. The fourth-order valence-electron chi connectivity index (χ4n) is 2.70. The van der Waals surface area contributed by atoms with Gasteiger partial charge in [0, 0.05) is 19.2 Å². The second-order valence-electron chi connectivity index (χ2n) is 5.08. The highest BCUT2D eigenvalue weighted by Gasteiger charge is 2.51. The molecule has 0 bridgehead atoms. The van der Waals surface area contributed by atoms with Crippen LogP contribution in [0.5, 0.6) is 5.75 Å².